The Labute approximate surface area is 100 Å². The van der Waals surface area contributed by atoms with Crippen molar-refractivity contribution in [2.75, 3.05) is 19.5 Å². The highest BCUT2D eigenvalue weighted by Gasteiger charge is 2.31. The number of imidazole rings is 1. The van der Waals surface area contributed by atoms with Crippen LogP contribution >= 0.6 is 11.8 Å². The van der Waals surface area contributed by atoms with Gasteiger partial charge in [-0.1, -0.05) is 13.8 Å². The number of thioether (sulfide) groups is 1. The third-order valence-electron chi connectivity index (χ3n) is 2.56. The number of hydrogen-bond donors (Lipinski definition) is 0. The third-order valence-corrected chi connectivity index (χ3v) is 3.18. The number of aryl methyl sites for hydroxylation is 1. The Kier molecular flexibility index (Phi) is 3.28. The number of hydrogen-bond acceptors (Lipinski definition) is 4. The first-order valence-electron chi connectivity index (χ1n) is 5.32. The zero-order valence-corrected chi connectivity index (χ0v) is 11.0. The van der Waals surface area contributed by atoms with Crippen LogP contribution in [0.2, 0.25) is 0 Å². The van der Waals surface area contributed by atoms with Gasteiger partial charge in [0.1, 0.15) is 5.03 Å². The molecular weight excluding hydrogens is 224 g/mol. The lowest BCUT2D eigenvalue weighted by Crippen LogP contribution is -2.34. The van der Waals surface area contributed by atoms with E-state index in [-0.39, 0.29) is 11.7 Å². The van der Waals surface area contributed by atoms with Gasteiger partial charge in [0.25, 0.3) is 0 Å². The average Bonchev–Trinajstić information content (AvgIpc) is 2.60. The van der Waals surface area contributed by atoms with Crippen LogP contribution in [0.1, 0.15) is 26.0 Å². The molecule has 0 amide bonds. The van der Waals surface area contributed by atoms with Gasteiger partial charge >= 0.3 is 0 Å². The average molecular weight is 242 g/mol. The molecule has 2 heterocycles. The van der Waals surface area contributed by atoms with E-state index in [9.17, 15) is 0 Å². The van der Waals surface area contributed by atoms with Gasteiger partial charge in [-0.2, -0.15) is 0 Å². The molecule has 1 fully saturated rings. The Morgan fingerprint density at radius 3 is 2.56 bits per heavy atom. The molecule has 0 aliphatic carbocycles. The minimum Gasteiger partial charge on any atom is -0.345 e. The smallest absolute Gasteiger partial charge is 0.217 e. The Morgan fingerprint density at radius 2 is 2.06 bits per heavy atom. The zero-order chi connectivity index (χ0) is 11.8. The van der Waals surface area contributed by atoms with E-state index in [4.69, 9.17) is 9.47 Å². The van der Waals surface area contributed by atoms with Crippen LogP contribution in [-0.2, 0) is 16.5 Å². The summed E-state index contributed by atoms with van der Waals surface area (Å²) < 4.78 is 13.4. The Bertz CT molecular complexity index is 366. The minimum absolute atomic E-state index is 0.101. The van der Waals surface area contributed by atoms with Gasteiger partial charge in [-0.15, -0.1) is 11.8 Å². The Hall–Kier alpha value is -0.520. The van der Waals surface area contributed by atoms with Crippen LogP contribution in [-0.4, -0.2) is 29.0 Å². The second kappa shape index (κ2) is 4.39. The molecule has 0 atom stereocenters. The quantitative estimate of drug-likeness (QED) is 0.745. The molecule has 16 heavy (non-hydrogen) atoms. The number of nitrogens with zero attached hydrogens (tertiary/aromatic N) is 2. The summed E-state index contributed by atoms with van der Waals surface area (Å²) in [6.07, 6.45) is 3.68. The second-order valence-electron chi connectivity index (χ2n) is 4.87. The lowest BCUT2D eigenvalue weighted by molar-refractivity contribution is -0.230. The highest BCUT2D eigenvalue weighted by molar-refractivity contribution is 7.98. The summed E-state index contributed by atoms with van der Waals surface area (Å²) in [6, 6.07) is 0. The summed E-state index contributed by atoms with van der Waals surface area (Å²) in [4.78, 5) is 4.48. The van der Waals surface area contributed by atoms with Crippen molar-refractivity contribution in [2.45, 2.75) is 25.2 Å². The third kappa shape index (κ3) is 2.42. The Morgan fingerprint density at radius 1 is 1.44 bits per heavy atom. The molecule has 0 saturated carbocycles. The molecule has 0 N–H and O–H groups in total. The van der Waals surface area contributed by atoms with Crippen LogP contribution in [0, 0.1) is 5.41 Å². The first-order chi connectivity index (χ1) is 7.52. The summed E-state index contributed by atoms with van der Waals surface area (Å²) >= 11 is 1.62. The molecule has 1 aromatic heterocycles. The SMILES string of the molecule is CSc1cn(C)c(C2OCC(C)(C)CO2)n1. The van der Waals surface area contributed by atoms with Crippen molar-refractivity contribution < 1.29 is 9.47 Å². The van der Waals surface area contributed by atoms with Crippen LogP contribution in [0.4, 0.5) is 0 Å². The van der Waals surface area contributed by atoms with Gasteiger partial charge in [0, 0.05) is 18.7 Å². The summed E-state index contributed by atoms with van der Waals surface area (Å²) in [5.74, 6) is 0.847. The van der Waals surface area contributed by atoms with Crippen LogP contribution in [0.3, 0.4) is 0 Å². The van der Waals surface area contributed by atoms with E-state index in [1.54, 1.807) is 11.8 Å². The predicted octanol–water partition coefficient (Wildman–Crippen LogP) is 2.21. The van der Waals surface area contributed by atoms with E-state index in [1.807, 2.05) is 24.1 Å². The summed E-state index contributed by atoms with van der Waals surface area (Å²) in [5.41, 5.74) is 0.101. The Balaban J connectivity index is 2.10. The van der Waals surface area contributed by atoms with Crippen molar-refractivity contribution in [1.82, 2.24) is 9.55 Å². The molecule has 0 unspecified atom stereocenters. The van der Waals surface area contributed by atoms with Crippen molar-refractivity contribution in [3.8, 4) is 0 Å². The molecule has 2 rings (SSSR count). The van der Waals surface area contributed by atoms with Crippen molar-refractivity contribution >= 4 is 11.8 Å². The monoisotopic (exact) mass is 242 g/mol. The zero-order valence-electron chi connectivity index (χ0n) is 10.2. The number of aromatic nitrogens is 2. The molecule has 0 spiro atoms. The highest BCUT2D eigenvalue weighted by Crippen LogP contribution is 2.31. The predicted molar refractivity (Wildman–Crippen MR) is 63.4 cm³/mol. The molecule has 1 aliphatic rings. The van der Waals surface area contributed by atoms with Crippen LogP contribution in [0.15, 0.2) is 11.2 Å². The van der Waals surface area contributed by atoms with Gasteiger partial charge in [-0.25, -0.2) is 4.98 Å². The van der Waals surface area contributed by atoms with E-state index in [1.165, 1.54) is 0 Å². The molecule has 0 bridgehead atoms. The van der Waals surface area contributed by atoms with Crippen LogP contribution in [0.25, 0.3) is 0 Å². The maximum atomic E-state index is 5.70. The van der Waals surface area contributed by atoms with Crippen molar-refractivity contribution in [3.05, 3.63) is 12.0 Å². The molecule has 0 aromatic carbocycles. The molecule has 1 aromatic rings. The topological polar surface area (TPSA) is 36.3 Å². The molecule has 4 nitrogen and oxygen atoms in total. The maximum Gasteiger partial charge on any atom is 0.217 e. The van der Waals surface area contributed by atoms with E-state index in [2.05, 4.69) is 18.8 Å². The van der Waals surface area contributed by atoms with Gasteiger partial charge < -0.3 is 14.0 Å². The minimum atomic E-state index is -0.320. The number of ether oxygens (including phenoxy) is 2. The first-order valence-corrected chi connectivity index (χ1v) is 6.55. The fourth-order valence-electron chi connectivity index (χ4n) is 1.61. The highest BCUT2D eigenvalue weighted by atomic mass is 32.2. The van der Waals surface area contributed by atoms with Crippen molar-refractivity contribution in [1.29, 1.82) is 0 Å². The van der Waals surface area contributed by atoms with Crippen molar-refractivity contribution in [3.63, 3.8) is 0 Å². The van der Waals surface area contributed by atoms with Gasteiger partial charge in [-0.05, 0) is 6.26 Å². The molecule has 90 valence electrons. The molecule has 1 saturated heterocycles. The maximum absolute atomic E-state index is 5.70. The largest absolute Gasteiger partial charge is 0.345 e. The second-order valence-corrected chi connectivity index (χ2v) is 5.70. The van der Waals surface area contributed by atoms with Crippen molar-refractivity contribution in [2.24, 2.45) is 12.5 Å². The van der Waals surface area contributed by atoms with E-state index < -0.39 is 0 Å². The number of rotatable bonds is 2. The van der Waals surface area contributed by atoms with Gasteiger partial charge in [0.2, 0.25) is 6.29 Å². The summed E-state index contributed by atoms with van der Waals surface area (Å²) in [5, 5.41) is 0.995. The fraction of sp³-hybridized carbons (Fsp3) is 0.727. The molecule has 5 heteroatoms. The molecular formula is C11H18N2O2S. The fourth-order valence-corrected chi connectivity index (χ4v) is 2.06. The van der Waals surface area contributed by atoms with E-state index >= 15 is 0 Å². The van der Waals surface area contributed by atoms with Gasteiger partial charge in [-0.3, -0.25) is 0 Å². The normalized spacial score (nSPS) is 21.2. The van der Waals surface area contributed by atoms with Gasteiger partial charge in [0.15, 0.2) is 5.82 Å². The first kappa shape index (κ1) is 12.0. The summed E-state index contributed by atoms with van der Waals surface area (Å²) in [6.45, 7) is 5.68. The summed E-state index contributed by atoms with van der Waals surface area (Å²) in [7, 11) is 1.97. The van der Waals surface area contributed by atoms with Crippen LogP contribution in [0.5, 0.6) is 0 Å². The van der Waals surface area contributed by atoms with E-state index in [0.29, 0.717) is 13.2 Å². The molecule has 1 aliphatic heterocycles. The lowest BCUT2D eigenvalue weighted by atomic mass is 9.96. The van der Waals surface area contributed by atoms with Crippen LogP contribution < -0.4 is 0 Å². The standard InChI is InChI=1S/C11H18N2O2S/c1-11(2)6-14-10(15-7-11)9-12-8(16-4)5-13(9)3/h5,10H,6-7H2,1-4H3. The van der Waals surface area contributed by atoms with E-state index in [0.717, 1.165) is 10.9 Å². The lowest BCUT2D eigenvalue weighted by Gasteiger charge is -2.34. The molecule has 0 radical (unpaired) electrons. The van der Waals surface area contributed by atoms with Gasteiger partial charge in [0.05, 0.1) is 13.2 Å².